The van der Waals surface area contributed by atoms with Gasteiger partial charge < -0.3 is 15.5 Å². The molecule has 0 amide bonds. The predicted molar refractivity (Wildman–Crippen MR) is 122 cm³/mol. The molecule has 0 aromatic carbocycles. The van der Waals surface area contributed by atoms with Crippen molar-refractivity contribution in [2.45, 2.75) is 25.3 Å². The van der Waals surface area contributed by atoms with Crippen molar-refractivity contribution in [2.75, 3.05) is 51.2 Å². The molecular weight excluding hydrogens is 391 g/mol. The number of hydrogen-bond acceptors (Lipinski definition) is 6. The lowest BCUT2D eigenvalue weighted by Gasteiger charge is -2.47. The van der Waals surface area contributed by atoms with Gasteiger partial charge in [-0.25, -0.2) is 4.39 Å². The zero-order valence-corrected chi connectivity index (χ0v) is 18.2. The molecule has 2 aromatic rings. The first kappa shape index (κ1) is 20.4. The van der Waals surface area contributed by atoms with E-state index < -0.39 is 0 Å². The molecule has 1 aliphatic carbocycles. The predicted octanol–water partition coefficient (Wildman–Crippen LogP) is 2.82. The van der Waals surface area contributed by atoms with Gasteiger partial charge in [-0.2, -0.15) is 0 Å². The third-order valence-corrected chi connectivity index (χ3v) is 7.21. The average Bonchev–Trinajstić information content (AvgIpc) is 3.19. The number of hydrogen-bond donors (Lipinski definition) is 1. The van der Waals surface area contributed by atoms with Gasteiger partial charge in [0.1, 0.15) is 5.82 Å². The average molecular weight is 423 g/mol. The lowest BCUT2D eigenvalue weighted by atomic mass is 9.78. The number of anilines is 1. The number of halogens is 1. The lowest BCUT2D eigenvalue weighted by Crippen LogP contribution is -2.54. The van der Waals surface area contributed by atoms with Crippen molar-refractivity contribution in [1.29, 1.82) is 0 Å². The van der Waals surface area contributed by atoms with Crippen molar-refractivity contribution in [2.24, 2.45) is 11.1 Å². The van der Waals surface area contributed by atoms with Crippen LogP contribution in [0, 0.1) is 11.2 Å². The van der Waals surface area contributed by atoms with Gasteiger partial charge in [0, 0.05) is 63.1 Å². The van der Waals surface area contributed by atoms with Crippen LogP contribution in [-0.4, -0.2) is 72.1 Å². The Morgan fingerprint density at radius 2 is 1.97 bits per heavy atom. The number of pyridine rings is 2. The van der Waals surface area contributed by atoms with Crippen LogP contribution < -0.4 is 10.6 Å². The molecule has 2 N–H and O–H groups in total. The molecule has 2 aliphatic heterocycles. The Balaban J connectivity index is 1.30. The van der Waals surface area contributed by atoms with Gasteiger partial charge in [0.05, 0.1) is 23.3 Å². The molecular formula is C24H31FN6. The summed E-state index contributed by atoms with van der Waals surface area (Å²) in [5, 5.41) is 0. The van der Waals surface area contributed by atoms with E-state index >= 15 is 0 Å². The lowest BCUT2D eigenvalue weighted by molar-refractivity contribution is 0.0204. The van der Waals surface area contributed by atoms with Gasteiger partial charge >= 0.3 is 0 Å². The summed E-state index contributed by atoms with van der Waals surface area (Å²) >= 11 is 0. The molecule has 3 aliphatic rings. The maximum atomic E-state index is 14.2. The van der Waals surface area contributed by atoms with Gasteiger partial charge in [-0.15, -0.1) is 0 Å². The number of nitrogens with two attached hydrogens (primary N) is 1. The van der Waals surface area contributed by atoms with Crippen LogP contribution in [0.4, 0.5) is 10.1 Å². The molecule has 31 heavy (non-hydrogen) atoms. The fourth-order valence-electron chi connectivity index (χ4n) is 5.88. The van der Waals surface area contributed by atoms with E-state index in [1.807, 2.05) is 12.1 Å². The standard InChI is InChI=1S/C24H31FN6/c1-29-16-24(17-29)5-2-21(14-24)30-8-10-31(11-9-30)22-13-19(25)15-28-23(22)18-4-7-27-20(12-18)3-6-26/h3-4,6-7,12-13,15,21H,2,5,8-11,14,16-17,26H2,1H3/b6-3-. The maximum Gasteiger partial charge on any atom is 0.143 e. The third-order valence-electron chi connectivity index (χ3n) is 7.21. The maximum absolute atomic E-state index is 14.2. The minimum atomic E-state index is -0.302. The Labute approximate surface area is 183 Å². The summed E-state index contributed by atoms with van der Waals surface area (Å²) in [7, 11) is 2.22. The van der Waals surface area contributed by atoms with Crippen LogP contribution in [0.25, 0.3) is 17.3 Å². The molecule has 6 nitrogen and oxygen atoms in total. The highest BCUT2D eigenvalue weighted by Gasteiger charge is 2.48. The van der Waals surface area contributed by atoms with Crippen molar-refractivity contribution in [1.82, 2.24) is 19.8 Å². The summed E-state index contributed by atoms with van der Waals surface area (Å²) in [6.07, 6.45) is 10.3. The number of rotatable bonds is 4. The van der Waals surface area contributed by atoms with Crippen molar-refractivity contribution in [3.63, 3.8) is 0 Å². The van der Waals surface area contributed by atoms with Crippen molar-refractivity contribution in [3.05, 3.63) is 48.3 Å². The van der Waals surface area contributed by atoms with E-state index in [0.29, 0.717) is 11.5 Å². The van der Waals surface area contributed by atoms with Gasteiger partial charge in [0.15, 0.2) is 0 Å². The zero-order chi connectivity index (χ0) is 21.4. The quantitative estimate of drug-likeness (QED) is 0.818. The Morgan fingerprint density at radius 1 is 1.16 bits per heavy atom. The van der Waals surface area contributed by atoms with Crippen molar-refractivity contribution in [3.8, 4) is 11.3 Å². The second-order valence-corrected chi connectivity index (χ2v) is 9.44. The molecule has 4 heterocycles. The van der Waals surface area contributed by atoms with Crippen molar-refractivity contribution >= 4 is 11.8 Å². The molecule has 1 unspecified atom stereocenters. The Bertz CT molecular complexity index is 962. The first-order valence-electron chi connectivity index (χ1n) is 11.2. The summed E-state index contributed by atoms with van der Waals surface area (Å²) < 4.78 is 14.2. The van der Waals surface area contributed by atoms with Gasteiger partial charge in [-0.05, 0) is 56.1 Å². The second-order valence-electron chi connectivity index (χ2n) is 9.44. The fraction of sp³-hybridized carbons (Fsp3) is 0.500. The number of likely N-dealkylation sites (tertiary alicyclic amines) is 1. The normalized spacial score (nSPS) is 24.2. The molecule has 3 fully saturated rings. The van der Waals surface area contributed by atoms with Crippen LogP contribution in [0.5, 0.6) is 0 Å². The molecule has 164 valence electrons. The topological polar surface area (TPSA) is 61.5 Å². The van der Waals surface area contributed by atoms with Gasteiger partial charge in [0.2, 0.25) is 0 Å². The second kappa shape index (κ2) is 8.20. The molecule has 0 bridgehead atoms. The first-order valence-corrected chi connectivity index (χ1v) is 11.2. The molecule has 1 saturated carbocycles. The molecule has 1 atom stereocenters. The van der Waals surface area contributed by atoms with Gasteiger partial charge in [0.25, 0.3) is 0 Å². The summed E-state index contributed by atoms with van der Waals surface area (Å²) in [6, 6.07) is 6.18. The van der Waals surface area contributed by atoms with Crippen LogP contribution in [0.1, 0.15) is 25.0 Å². The van der Waals surface area contributed by atoms with E-state index in [9.17, 15) is 4.39 Å². The summed E-state index contributed by atoms with van der Waals surface area (Å²) in [5.41, 5.74) is 9.43. The first-order chi connectivity index (χ1) is 15.0. The molecule has 5 rings (SSSR count). The highest BCUT2D eigenvalue weighted by molar-refractivity contribution is 5.76. The molecule has 2 aromatic heterocycles. The summed E-state index contributed by atoms with van der Waals surface area (Å²) in [6.45, 7) is 6.34. The number of aromatic nitrogens is 2. The molecule has 2 saturated heterocycles. The smallest absolute Gasteiger partial charge is 0.143 e. The van der Waals surface area contributed by atoms with Crippen LogP contribution >= 0.6 is 0 Å². The van der Waals surface area contributed by atoms with Crippen molar-refractivity contribution < 1.29 is 4.39 Å². The van der Waals surface area contributed by atoms with E-state index in [0.717, 1.165) is 48.8 Å². The van der Waals surface area contributed by atoms with E-state index in [-0.39, 0.29) is 5.82 Å². The summed E-state index contributed by atoms with van der Waals surface area (Å²) in [4.78, 5) is 16.1. The SMILES string of the molecule is CN1CC2(CCC(N3CCN(c4cc(F)cnc4-c4ccnc(/C=C\N)c4)CC3)C2)C1. The van der Waals surface area contributed by atoms with E-state index in [1.165, 1.54) is 44.7 Å². The minimum absolute atomic E-state index is 0.302. The fourth-order valence-corrected chi connectivity index (χ4v) is 5.88. The van der Waals surface area contributed by atoms with Gasteiger partial charge in [-0.1, -0.05) is 0 Å². The van der Waals surface area contributed by atoms with Crippen LogP contribution in [0.15, 0.2) is 36.8 Å². The molecule has 0 radical (unpaired) electrons. The third kappa shape index (κ3) is 4.04. The Kier molecular flexibility index (Phi) is 5.40. The van der Waals surface area contributed by atoms with E-state index in [4.69, 9.17) is 5.73 Å². The Morgan fingerprint density at radius 3 is 2.71 bits per heavy atom. The van der Waals surface area contributed by atoms with Gasteiger partial charge in [-0.3, -0.25) is 14.9 Å². The van der Waals surface area contributed by atoms with Crippen LogP contribution in [0.3, 0.4) is 0 Å². The van der Waals surface area contributed by atoms with Crippen LogP contribution in [0.2, 0.25) is 0 Å². The number of nitrogens with zero attached hydrogens (tertiary/aromatic N) is 5. The monoisotopic (exact) mass is 422 g/mol. The molecule has 1 spiro atoms. The molecule has 7 heteroatoms. The van der Waals surface area contributed by atoms with E-state index in [1.54, 1.807) is 18.3 Å². The zero-order valence-electron chi connectivity index (χ0n) is 18.2. The van der Waals surface area contributed by atoms with E-state index in [2.05, 4.69) is 31.7 Å². The highest BCUT2D eigenvalue weighted by atomic mass is 19.1. The Hall–Kier alpha value is -2.51. The summed E-state index contributed by atoms with van der Waals surface area (Å²) in [5.74, 6) is -0.302. The highest BCUT2D eigenvalue weighted by Crippen LogP contribution is 2.46. The number of piperazine rings is 1. The van der Waals surface area contributed by atoms with Crippen LogP contribution in [-0.2, 0) is 0 Å². The largest absolute Gasteiger partial charge is 0.405 e. The minimum Gasteiger partial charge on any atom is -0.405 e.